The van der Waals surface area contributed by atoms with E-state index in [4.69, 9.17) is 37.5 Å². The fourth-order valence-electron chi connectivity index (χ4n) is 4.18. The molecule has 3 heterocycles. The second-order valence-electron chi connectivity index (χ2n) is 8.16. The largest absolute Gasteiger partial charge is 0.506 e. The monoisotopic (exact) mass is 508 g/mol. The van der Waals surface area contributed by atoms with Crippen molar-refractivity contribution >= 4 is 29.7 Å². The highest BCUT2D eigenvalue weighted by atomic mass is 35.5. The van der Waals surface area contributed by atoms with Crippen LogP contribution in [0.5, 0.6) is 5.75 Å². The minimum Gasteiger partial charge on any atom is -0.506 e. The average Bonchev–Trinajstić information content (AvgIpc) is 3.36. The van der Waals surface area contributed by atoms with Crippen LogP contribution in [0, 0.1) is 17.1 Å². The van der Waals surface area contributed by atoms with Crippen LogP contribution >= 0.6 is 11.6 Å². The molecule has 0 spiro atoms. The van der Waals surface area contributed by atoms with E-state index in [1.807, 2.05) is 16.7 Å². The van der Waals surface area contributed by atoms with Crippen molar-refractivity contribution in [1.29, 1.82) is 5.26 Å². The number of phenolic OH excluding ortho intramolecular Hbond substituents is 1. The Morgan fingerprint density at radius 3 is 2.53 bits per heavy atom. The molecule has 2 aromatic heterocycles. The molecule has 0 bridgehead atoms. The molecule has 11 heteroatoms. The number of nitriles is 1. The molecule has 0 unspecified atom stereocenters. The van der Waals surface area contributed by atoms with Gasteiger partial charge in [0.2, 0.25) is 5.95 Å². The molecule has 1 aliphatic heterocycles. The number of carbonyl (C=O) groups is 1. The predicted molar refractivity (Wildman–Crippen MR) is 133 cm³/mol. The summed E-state index contributed by atoms with van der Waals surface area (Å²) in [5.74, 6) is -0.0311. The standard InChI is InChI=1S/C24H20ClFN6O.CH2O2/c25-18-4-3-14(12-20(18)33)21-22(15-1-2-16(13-27)19(26)11-15)30-24(32-10-7-29-23(21)32)31-8-5-17(28)6-9-31;2-1-3/h1-4,7,10-12,17,33H,5-6,8-9,28H2;1H,(H,2,3). The molecule has 0 radical (unpaired) electrons. The van der Waals surface area contributed by atoms with Gasteiger partial charge in [-0.2, -0.15) is 5.26 Å². The first-order valence-electron chi connectivity index (χ1n) is 11.0. The van der Waals surface area contributed by atoms with Gasteiger partial charge in [-0.15, -0.1) is 0 Å². The molecular formula is C25H22ClFN6O3. The van der Waals surface area contributed by atoms with Crippen LogP contribution in [-0.2, 0) is 4.79 Å². The number of halogens is 2. The molecule has 5 rings (SSSR count). The highest BCUT2D eigenvalue weighted by molar-refractivity contribution is 6.32. The van der Waals surface area contributed by atoms with Crippen LogP contribution in [0.25, 0.3) is 28.0 Å². The lowest BCUT2D eigenvalue weighted by Crippen LogP contribution is -2.40. The lowest BCUT2D eigenvalue weighted by atomic mass is 9.98. The number of carboxylic acid groups (broad SMARTS) is 1. The lowest BCUT2D eigenvalue weighted by Gasteiger charge is -2.32. The third-order valence-corrected chi connectivity index (χ3v) is 6.27. The molecule has 1 aliphatic rings. The third kappa shape index (κ3) is 4.79. The van der Waals surface area contributed by atoms with Gasteiger partial charge in [0.25, 0.3) is 6.47 Å². The summed E-state index contributed by atoms with van der Waals surface area (Å²) in [7, 11) is 0. The Balaban J connectivity index is 0.000000967. The number of fused-ring (bicyclic) bond motifs is 1. The van der Waals surface area contributed by atoms with Gasteiger partial charge in [-0.3, -0.25) is 9.20 Å². The van der Waals surface area contributed by atoms with Gasteiger partial charge in [0.1, 0.15) is 23.3 Å². The van der Waals surface area contributed by atoms with Crippen LogP contribution < -0.4 is 10.6 Å². The van der Waals surface area contributed by atoms with Crippen molar-refractivity contribution in [2.45, 2.75) is 18.9 Å². The van der Waals surface area contributed by atoms with Crippen LogP contribution in [0.15, 0.2) is 48.8 Å². The van der Waals surface area contributed by atoms with E-state index in [0.717, 1.165) is 25.9 Å². The second-order valence-corrected chi connectivity index (χ2v) is 8.57. The van der Waals surface area contributed by atoms with E-state index in [2.05, 4.69) is 9.88 Å². The summed E-state index contributed by atoms with van der Waals surface area (Å²) < 4.78 is 16.5. The highest BCUT2D eigenvalue weighted by Gasteiger charge is 2.25. The fourth-order valence-corrected chi connectivity index (χ4v) is 4.30. The molecule has 9 nitrogen and oxygen atoms in total. The molecule has 1 fully saturated rings. The van der Waals surface area contributed by atoms with E-state index < -0.39 is 5.82 Å². The summed E-state index contributed by atoms with van der Waals surface area (Å²) in [4.78, 5) is 20.0. The summed E-state index contributed by atoms with van der Waals surface area (Å²) in [6.07, 6.45) is 5.18. The molecule has 0 atom stereocenters. The van der Waals surface area contributed by atoms with Gasteiger partial charge in [0, 0.05) is 37.1 Å². The number of imidazole rings is 1. The molecule has 184 valence electrons. The molecular weight excluding hydrogens is 487 g/mol. The number of phenols is 1. The smallest absolute Gasteiger partial charge is 0.290 e. The SMILES string of the molecule is N#Cc1ccc(-c2nc(N3CCC(N)CC3)n3ccnc3c2-c2ccc(Cl)c(O)c2)cc1F.O=CO. The van der Waals surface area contributed by atoms with Crippen LogP contribution in [-0.4, -0.2) is 50.2 Å². The number of hydrogen-bond donors (Lipinski definition) is 3. The maximum Gasteiger partial charge on any atom is 0.290 e. The number of piperidine rings is 1. The number of nitrogens with two attached hydrogens (primary N) is 1. The maximum absolute atomic E-state index is 14.6. The van der Waals surface area contributed by atoms with E-state index in [9.17, 15) is 9.50 Å². The van der Waals surface area contributed by atoms with Crippen molar-refractivity contribution < 1.29 is 19.4 Å². The van der Waals surface area contributed by atoms with Crippen LogP contribution in [0.4, 0.5) is 10.3 Å². The van der Waals surface area contributed by atoms with Crippen molar-refractivity contribution in [3.63, 3.8) is 0 Å². The number of benzene rings is 2. The van der Waals surface area contributed by atoms with Crippen LogP contribution in [0.2, 0.25) is 5.02 Å². The van der Waals surface area contributed by atoms with Gasteiger partial charge in [-0.05, 0) is 42.7 Å². The average molecular weight is 509 g/mol. The van der Waals surface area contributed by atoms with Crippen molar-refractivity contribution in [1.82, 2.24) is 14.4 Å². The van der Waals surface area contributed by atoms with Crippen molar-refractivity contribution in [3.8, 4) is 34.2 Å². The molecule has 4 aromatic rings. The van der Waals surface area contributed by atoms with Crippen LogP contribution in [0.1, 0.15) is 18.4 Å². The minimum atomic E-state index is -0.629. The van der Waals surface area contributed by atoms with Gasteiger partial charge in [-0.25, -0.2) is 14.4 Å². The van der Waals surface area contributed by atoms with E-state index in [1.165, 1.54) is 18.2 Å². The van der Waals surface area contributed by atoms with E-state index >= 15 is 0 Å². The number of hydrogen-bond acceptors (Lipinski definition) is 7. The number of aromatic hydroxyl groups is 1. The molecule has 36 heavy (non-hydrogen) atoms. The summed E-state index contributed by atoms with van der Waals surface area (Å²) in [5, 5.41) is 26.5. The predicted octanol–water partition coefficient (Wildman–Crippen LogP) is 4.06. The summed E-state index contributed by atoms with van der Waals surface area (Å²) in [6, 6.07) is 11.3. The van der Waals surface area contributed by atoms with Crippen molar-refractivity contribution in [2.75, 3.05) is 18.0 Å². The second kappa shape index (κ2) is 10.6. The van der Waals surface area contributed by atoms with E-state index in [0.29, 0.717) is 34.0 Å². The zero-order valence-corrected chi connectivity index (χ0v) is 19.7. The number of anilines is 1. The first-order chi connectivity index (χ1) is 17.4. The van der Waals surface area contributed by atoms with Crippen molar-refractivity contribution in [3.05, 3.63) is 65.2 Å². The van der Waals surface area contributed by atoms with Gasteiger partial charge in [0.05, 0.1) is 21.8 Å². The molecule has 0 aliphatic carbocycles. The Morgan fingerprint density at radius 1 is 1.19 bits per heavy atom. The summed E-state index contributed by atoms with van der Waals surface area (Å²) in [5.41, 5.74) is 8.89. The topological polar surface area (TPSA) is 141 Å². The summed E-state index contributed by atoms with van der Waals surface area (Å²) >= 11 is 6.03. The molecule has 4 N–H and O–H groups in total. The maximum atomic E-state index is 14.6. The molecule has 1 saturated heterocycles. The zero-order valence-electron chi connectivity index (χ0n) is 19.0. The summed E-state index contributed by atoms with van der Waals surface area (Å²) in [6.45, 7) is 1.23. The number of aromatic nitrogens is 3. The number of nitrogens with zero attached hydrogens (tertiary/aromatic N) is 5. The fraction of sp³-hybridized carbons (Fsp3) is 0.200. The number of rotatable bonds is 3. The Labute approximate surface area is 210 Å². The Bertz CT molecular complexity index is 1460. The minimum absolute atomic E-state index is 0.0448. The lowest BCUT2D eigenvalue weighted by molar-refractivity contribution is -0.122. The Kier molecular flexibility index (Phi) is 7.33. The molecule has 2 aromatic carbocycles. The Morgan fingerprint density at radius 2 is 1.89 bits per heavy atom. The highest BCUT2D eigenvalue weighted by Crippen LogP contribution is 2.39. The van der Waals surface area contributed by atoms with Gasteiger partial charge in [-0.1, -0.05) is 23.7 Å². The quantitative estimate of drug-likeness (QED) is 0.352. The zero-order chi connectivity index (χ0) is 25.8. The molecule has 0 saturated carbocycles. The van der Waals surface area contributed by atoms with Crippen molar-refractivity contribution in [2.24, 2.45) is 5.73 Å². The Hall–Kier alpha value is -4.20. The third-order valence-electron chi connectivity index (χ3n) is 5.95. The first kappa shape index (κ1) is 24.9. The molecule has 0 amide bonds. The van der Waals surface area contributed by atoms with E-state index in [1.54, 1.807) is 24.4 Å². The van der Waals surface area contributed by atoms with Crippen LogP contribution in [0.3, 0.4) is 0 Å². The normalized spacial score (nSPS) is 13.7. The van der Waals surface area contributed by atoms with Gasteiger partial charge in [0.15, 0.2) is 0 Å². The van der Waals surface area contributed by atoms with E-state index in [-0.39, 0.29) is 28.8 Å². The van der Waals surface area contributed by atoms with Gasteiger partial charge < -0.3 is 20.8 Å². The van der Waals surface area contributed by atoms with Gasteiger partial charge >= 0.3 is 0 Å². The first-order valence-corrected chi connectivity index (χ1v) is 11.4.